The van der Waals surface area contributed by atoms with E-state index in [9.17, 15) is 9.59 Å². The molecule has 0 saturated heterocycles. The number of benzene rings is 1. The molecule has 1 atom stereocenters. The van der Waals surface area contributed by atoms with Crippen LogP contribution in [0.15, 0.2) is 24.3 Å². The molecular formula is C21H26ClNO3. The molecule has 4 fully saturated rings. The van der Waals surface area contributed by atoms with Gasteiger partial charge in [0.1, 0.15) is 6.04 Å². The van der Waals surface area contributed by atoms with Crippen LogP contribution < -0.4 is 5.32 Å². The summed E-state index contributed by atoms with van der Waals surface area (Å²) in [4.78, 5) is 25.5. The number of rotatable bonds is 5. The monoisotopic (exact) mass is 375 g/mol. The Labute approximate surface area is 159 Å². The summed E-state index contributed by atoms with van der Waals surface area (Å²) >= 11 is 6.05. The quantitative estimate of drug-likeness (QED) is 0.797. The van der Waals surface area contributed by atoms with Crippen molar-refractivity contribution in [2.75, 3.05) is 7.11 Å². The number of carbonyl (C=O) groups is 2. The molecule has 4 saturated carbocycles. The van der Waals surface area contributed by atoms with Gasteiger partial charge in [-0.25, -0.2) is 4.79 Å². The lowest BCUT2D eigenvalue weighted by Crippen LogP contribution is -2.56. The van der Waals surface area contributed by atoms with Crippen molar-refractivity contribution in [2.24, 2.45) is 23.2 Å². The van der Waals surface area contributed by atoms with Crippen LogP contribution in [0.4, 0.5) is 0 Å². The lowest BCUT2D eigenvalue weighted by atomic mass is 9.49. The molecule has 0 spiro atoms. The molecule has 5 heteroatoms. The molecule has 1 N–H and O–H groups in total. The number of esters is 1. The van der Waals surface area contributed by atoms with Gasteiger partial charge in [0.2, 0.25) is 5.91 Å². The lowest BCUT2D eigenvalue weighted by molar-refractivity contribution is -0.152. The average Bonchev–Trinajstić information content (AvgIpc) is 2.59. The van der Waals surface area contributed by atoms with Crippen LogP contribution in [0.5, 0.6) is 0 Å². The zero-order valence-electron chi connectivity index (χ0n) is 15.2. The van der Waals surface area contributed by atoms with Crippen molar-refractivity contribution in [3.63, 3.8) is 0 Å². The number of hydrogen-bond acceptors (Lipinski definition) is 3. The van der Waals surface area contributed by atoms with Crippen LogP contribution in [-0.2, 0) is 20.7 Å². The zero-order valence-corrected chi connectivity index (χ0v) is 15.9. The highest BCUT2D eigenvalue weighted by molar-refractivity contribution is 6.30. The molecule has 26 heavy (non-hydrogen) atoms. The van der Waals surface area contributed by atoms with Gasteiger partial charge in [-0.2, -0.15) is 0 Å². The van der Waals surface area contributed by atoms with Gasteiger partial charge in [-0.15, -0.1) is 0 Å². The van der Waals surface area contributed by atoms with E-state index in [1.54, 1.807) is 6.07 Å². The van der Waals surface area contributed by atoms with Gasteiger partial charge in [-0.1, -0.05) is 23.7 Å². The van der Waals surface area contributed by atoms with E-state index in [0.29, 0.717) is 29.2 Å². The van der Waals surface area contributed by atoms with Gasteiger partial charge in [0.25, 0.3) is 0 Å². The highest BCUT2D eigenvalue weighted by Gasteiger charge is 2.55. The van der Waals surface area contributed by atoms with Crippen molar-refractivity contribution in [1.29, 1.82) is 0 Å². The van der Waals surface area contributed by atoms with E-state index in [1.807, 2.05) is 18.2 Å². The Kier molecular flexibility index (Phi) is 4.72. The summed E-state index contributed by atoms with van der Waals surface area (Å²) in [6.07, 6.45) is 7.20. The Hall–Kier alpha value is -1.55. The van der Waals surface area contributed by atoms with E-state index in [4.69, 9.17) is 16.3 Å². The Balaban J connectivity index is 1.50. The first-order valence-corrected chi connectivity index (χ1v) is 9.98. The van der Waals surface area contributed by atoms with E-state index in [1.165, 1.54) is 26.4 Å². The van der Waals surface area contributed by atoms with Crippen LogP contribution in [-0.4, -0.2) is 25.0 Å². The van der Waals surface area contributed by atoms with Crippen LogP contribution in [0, 0.1) is 23.2 Å². The standard InChI is InChI=1S/C21H26ClNO3/c1-26-19(24)18(9-13-3-2-4-17(22)8-13)23-20(25)21-10-14-5-15(11-21)7-16(6-14)12-21/h2-4,8,14-16,18H,5-7,9-12H2,1H3,(H,23,25)/t14?,15?,16?,18-,21?/m0/s1. The van der Waals surface area contributed by atoms with Gasteiger partial charge in [0.05, 0.1) is 7.11 Å². The maximum atomic E-state index is 13.2. The molecule has 140 valence electrons. The predicted octanol–water partition coefficient (Wildman–Crippen LogP) is 3.76. The summed E-state index contributed by atoms with van der Waals surface area (Å²) in [7, 11) is 1.37. The topological polar surface area (TPSA) is 55.4 Å². The van der Waals surface area contributed by atoms with Gasteiger partial charge in [-0.05, 0) is 74.0 Å². The van der Waals surface area contributed by atoms with Gasteiger partial charge < -0.3 is 10.1 Å². The number of nitrogens with one attached hydrogen (secondary N) is 1. The molecule has 5 rings (SSSR count). The van der Waals surface area contributed by atoms with Crippen molar-refractivity contribution in [3.8, 4) is 0 Å². The molecule has 0 unspecified atom stereocenters. The highest BCUT2D eigenvalue weighted by atomic mass is 35.5. The van der Waals surface area contributed by atoms with Crippen molar-refractivity contribution < 1.29 is 14.3 Å². The first kappa shape index (κ1) is 17.8. The van der Waals surface area contributed by atoms with Gasteiger partial charge in [0.15, 0.2) is 0 Å². The summed E-state index contributed by atoms with van der Waals surface area (Å²) in [5, 5.41) is 3.66. The van der Waals surface area contributed by atoms with Crippen LogP contribution >= 0.6 is 11.6 Å². The second kappa shape index (κ2) is 6.88. The molecule has 0 radical (unpaired) electrons. The minimum absolute atomic E-state index is 0.0500. The Bertz CT molecular complexity index is 682. The number of carbonyl (C=O) groups excluding carboxylic acids is 2. The minimum atomic E-state index is -0.668. The predicted molar refractivity (Wildman–Crippen MR) is 99.7 cm³/mol. The SMILES string of the molecule is COC(=O)[C@H](Cc1cccc(Cl)c1)NC(=O)C12CC3CC(CC(C3)C1)C2. The summed E-state index contributed by atoms with van der Waals surface area (Å²) in [6.45, 7) is 0. The van der Waals surface area contributed by atoms with E-state index < -0.39 is 12.0 Å². The van der Waals surface area contributed by atoms with Crippen LogP contribution in [0.2, 0.25) is 5.02 Å². The minimum Gasteiger partial charge on any atom is -0.467 e. The Morgan fingerprint density at radius 1 is 1.19 bits per heavy atom. The lowest BCUT2D eigenvalue weighted by Gasteiger charge is -2.55. The molecule has 0 aromatic heterocycles. The maximum Gasteiger partial charge on any atom is 0.328 e. The third-order valence-electron chi connectivity index (χ3n) is 6.64. The largest absolute Gasteiger partial charge is 0.467 e. The van der Waals surface area contributed by atoms with Gasteiger partial charge in [-0.3, -0.25) is 4.79 Å². The normalized spacial score (nSPS) is 32.9. The third kappa shape index (κ3) is 3.36. The van der Waals surface area contributed by atoms with Crippen molar-refractivity contribution in [3.05, 3.63) is 34.9 Å². The fourth-order valence-electron chi connectivity index (χ4n) is 5.94. The fraction of sp³-hybridized carbons (Fsp3) is 0.619. The second-order valence-electron chi connectivity index (χ2n) is 8.58. The Morgan fingerprint density at radius 3 is 2.35 bits per heavy atom. The number of amides is 1. The third-order valence-corrected chi connectivity index (χ3v) is 6.87. The van der Waals surface area contributed by atoms with Crippen molar-refractivity contribution in [1.82, 2.24) is 5.32 Å². The highest BCUT2D eigenvalue weighted by Crippen LogP contribution is 2.60. The average molecular weight is 376 g/mol. The smallest absolute Gasteiger partial charge is 0.328 e. The molecule has 1 aromatic carbocycles. The fourth-order valence-corrected chi connectivity index (χ4v) is 6.15. The first-order valence-electron chi connectivity index (χ1n) is 9.61. The molecule has 4 nitrogen and oxygen atoms in total. The van der Waals surface area contributed by atoms with E-state index in [2.05, 4.69) is 5.32 Å². The van der Waals surface area contributed by atoms with Crippen LogP contribution in [0.3, 0.4) is 0 Å². The molecular weight excluding hydrogens is 350 g/mol. The van der Waals surface area contributed by atoms with Gasteiger partial charge in [0, 0.05) is 16.9 Å². The molecule has 1 aromatic rings. The number of ether oxygens (including phenoxy) is 1. The number of hydrogen-bond donors (Lipinski definition) is 1. The zero-order chi connectivity index (χ0) is 18.3. The van der Waals surface area contributed by atoms with E-state index >= 15 is 0 Å². The summed E-state index contributed by atoms with van der Waals surface area (Å²) in [5.41, 5.74) is 0.647. The summed E-state index contributed by atoms with van der Waals surface area (Å²) in [5.74, 6) is 1.72. The van der Waals surface area contributed by atoms with Gasteiger partial charge >= 0.3 is 5.97 Å². The van der Waals surface area contributed by atoms with Crippen molar-refractivity contribution >= 4 is 23.5 Å². The summed E-state index contributed by atoms with van der Waals surface area (Å²) < 4.78 is 4.95. The molecule has 4 bridgehead atoms. The Morgan fingerprint density at radius 2 is 1.81 bits per heavy atom. The molecule has 0 aliphatic heterocycles. The second-order valence-corrected chi connectivity index (χ2v) is 9.02. The molecule has 4 aliphatic rings. The first-order chi connectivity index (χ1) is 12.5. The summed E-state index contributed by atoms with van der Waals surface area (Å²) in [6, 6.07) is 6.73. The molecule has 1 amide bonds. The van der Waals surface area contributed by atoms with Crippen LogP contribution in [0.1, 0.15) is 44.1 Å². The molecule has 4 aliphatic carbocycles. The van der Waals surface area contributed by atoms with Crippen LogP contribution in [0.25, 0.3) is 0 Å². The van der Waals surface area contributed by atoms with E-state index in [0.717, 1.165) is 24.8 Å². The molecule has 0 heterocycles. The number of halogens is 1. The maximum absolute atomic E-state index is 13.2. The van der Waals surface area contributed by atoms with Crippen molar-refractivity contribution in [2.45, 2.75) is 51.0 Å². The van der Waals surface area contributed by atoms with E-state index in [-0.39, 0.29) is 11.3 Å². The number of methoxy groups -OCH3 is 1.